The van der Waals surface area contributed by atoms with Gasteiger partial charge < -0.3 is 4.42 Å². The summed E-state index contributed by atoms with van der Waals surface area (Å²) in [7, 11) is 0. The van der Waals surface area contributed by atoms with E-state index in [2.05, 4.69) is 9.97 Å². The number of fused-ring (bicyclic) bond motifs is 1. The molecule has 0 radical (unpaired) electrons. The van der Waals surface area contributed by atoms with Crippen LogP contribution in [0.25, 0.3) is 11.2 Å². The molecule has 0 amide bonds. The minimum atomic E-state index is -0.598. The van der Waals surface area contributed by atoms with E-state index in [1.165, 1.54) is 0 Å². The molecule has 0 atom stereocenters. The van der Waals surface area contributed by atoms with Crippen LogP contribution in [0.1, 0.15) is 0 Å². The minimum Gasteiger partial charge on any atom is -0.427 e. The summed E-state index contributed by atoms with van der Waals surface area (Å²) >= 11 is 0. The van der Waals surface area contributed by atoms with Gasteiger partial charge in [-0.1, -0.05) is 0 Å². The van der Waals surface area contributed by atoms with Gasteiger partial charge in [-0.05, 0) is 0 Å². The molecule has 2 aromatic rings. The molecule has 56 valence electrons. The fourth-order valence-corrected chi connectivity index (χ4v) is 0.793. The zero-order valence-electron chi connectivity index (χ0n) is 5.25. The molecule has 0 bridgehead atoms. The van der Waals surface area contributed by atoms with Gasteiger partial charge in [-0.3, -0.25) is 14.8 Å². The molecule has 0 saturated heterocycles. The molecule has 0 aliphatic rings. The average molecular weight is 153 g/mol. The molecular weight excluding hydrogens is 150 g/mol. The zero-order chi connectivity index (χ0) is 7.84. The van der Waals surface area contributed by atoms with Gasteiger partial charge in [0.05, 0.1) is 0 Å². The largest absolute Gasteiger partial charge is 0.427 e. The predicted octanol–water partition coefficient (Wildman–Crippen LogP) is -0.796. The summed E-state index contributed by atoms with van der Waals surface area (Å²) in [5.74, 6) is 0. The van der Waals surface area contributed by atoms with Crippen molar-refractivity contribution in [2.75, 3.05) is 0 Å². The molecule has 6 nitrogen and oxygen atoms in total. The molecule has 2 aromatic heterocycles. The quantitative estimate of drug-likeness (QED) is 0.518. The highest BCUT2D eigenvalue weighted by Crippen LogP contribution is 1.97. The molecule has 0 unspecified atom stereocenters. The zero-order valence-corrected chi connectivity index (χ0v) is 5.25. The molecule has 0 saturated carbocycles. The lowest BCUT2D eigenvalue weighted by molar-refractivity contribution is 0.588. The Kier molecular flexibility index (Phi) is 0.974. The lowest BCUT2D eigenvalue weighted by Gasteiger charge is -1.81. The second-order valence-corrected chi connectivity index (χ2v) is 1.94. The summed E-state index contributed by atoms with van der Waals surface area (Å²) in [6, 6.07) is 0. The summed E-state index contributed by atoms with van der Waals surface area (Å²) < 4.78 is 4.69. The van der Waals surface area contributed by atoms with Gasteiger partial charge in [0, 0.05) is 0 Å². The number of hydrogen-bond acceptors (Lipinski definition) is 4. The van der Waals surface area contributed by atoms with E-state index >= 15 is 0 Å². The van der Waals surface area contributed by atoms with Crippen LogP contribution in [0.3, 0.4) is 0 Å². The Bertz CT molecular complexity index is 491. The van der Waals surface area contributed by atoms with E-state index in [9.17, 15) is 9.59 Å². The fraction of sp³-hybridized carbons (Fsp3) is 0. The van der Waals surface area contributed by atoms with Gasteiger partial charge in [0.25, 0.3) is 5.56 Å². The van der Waals surface area contributed by atoms with Crippen LogP contribution in [0.2, 0.25) is 0 Å². The van der Waals surface area contributed by atoms with Crippen molar-refractivity contribution < 1.29 is 4.42 Å². The molecule has 0 aromatic carbocycles. The number of hydrogen-bond donors (Lipinski definition) is 2. The third kappa shape index (κ3) is 0.759. The Morgan fingerprint density at radius 1 is 1.36 bits per heavy atom. The maximum atomic E-state index is 10.9. The van der Waals surface area contributed by atoms with Crippen molar-refractivity contribution in [3.05, 3.63) is 27.2 Å². The van der Waals surface area contributed by atoms with Crippen molar-refractivity contribution >= 4 is 11.2 Å². The van der Waals surface area contributed by atoms with E-state index in [1.54, 1.807) is 0 Å². The first-order chi connectivity index (χ1) is 5.27. The van der Waals surface area contributed by atoms with Crippen molar-refractivity contribution in [1.29, 1.82) is 0 Å². The molecule has 2 heterocycles. The first-order valence-corrected chi connectivity index (χ1v) is 2.83. The van der Waals surface area contributed by atoms with Crippen molar-refractivity contribution in [1.82, 2.24) is 15.0 Å². The van der Waals surface area contributed by atoms with Crippen LogP contribution in [-0.4, -0.2) is 15.0 Å². The SMILES string of the molecule is O=c1[nH]c(=O)c2ncoc2[nH]1. The molecule has 2 N–H and O–H groups in total. The van der Waals surface area contributed by atoms with Crippen molar-refractivity contribution in [2.24, 2.45) is 0 Å². The Balaban J connectivity index is 3.15. The highest BCUT2D eigenvalue weighted by molar-refractivity contribution is 5.64. The van der Waals surface area contributed by atoms with E-state index in [1.807, 2.05) is 4.98 Å². The number of rotatable bonds is 0. The molecule has 11 heavy (non-hydrogen) atoms. The van der Waals surface area contributed by atoms with E-state index in [4.69, 9.17) is 4.42 Å². The maximum absolute atomic E-state index is 10.9. The van der Waals surface area contributed by atoms with E-state index in [0.717, 1.165) is 6.39 Å². The standard InChI is InChI=1S/C5H3N3O3/c9-3-2-4(11-1-6-2)8-5(10)7-3/h1H,(H2,7,8,9,10). The molecule has 0 spiro atoms. The second kappa shape index (κ2) is 1.82. The van der Waals surface area contributed by atoms with Crippen LogP contribution in [-0.2, 0) is 0 Å². The van der Waals surface area contributed by atoms with E-state index in [-0.39, 0.29) is 11.2 Å². The van der Waals surface area contributed by atoms with Gasteiger partial charge in [0.2, 0.25) is 5.71 Å². The number of nitrogens with zero attached hydrogens (tertiary/aromatic N) is 1. The summed E-state index contributed by atoms with van der Waals surface area (Å²) in [5.41, 5.74) is -0.944. The van der Waals surface area contributed by atoms with Crippen LogP contribution < -0.4 is 11.2 Å². The number of oxazole rings is 1. The van der Waals surface area contributed by atoms with Crippen molar-refractivity contribution in [3.63, 3.8) is 0 Å². The second-order valence-electron chi connectivity index (χ2n) is 1.94. The maximum Gasteiger partial charge on any atom is 0.328 e. The lowest BCUT2D eigenvalue weighted by Crippen LogP contribution is -2.21. The van der Waals surface area contributed by atoms with Gasteiger partial charge in [-0.25, -0.2) is 9.78 Å². The van der Waals surface area contributed by atoms with Gasteiger partial charge in [0.1, 0.15) is 0 Å². The monoisotopic (exact) mass is 153 g/mol. The summed E-state index contributed by atoms with van der Waals surface area (Å²) in [4.78, 5) is 29.3. The van der Waals surface area contributed by atoms with Crippen LogP contribution >= 0.6 is 0 Å². The Hall–Kier alpha value is -1.85. The van der Waals surface area contributed by atoms with Crippen LogP contribution in [0.5, 0.6) is 0 Å². The highest BCUT2D eigenvalue weighted by Gasteiger charge is 2.02. The third-order valence-electron chi connectivity index (χ3n) is 1.24. The number of aromatic nitrogens is 3. The number of nitrogens with one attached hydrogen (secondary N) is 2. The van der Waals surface area contributed by atoms with Gasteiger partial charge in [-0.15, -0.1) is 0 Å². The van der Waals surface area contributed by atoms with Crippen LogP contribution in [0, 0.1) is 0 Å². The Morgan fingerprint density at radius 3 is 3.00 bits per heavy atom. The molecule has 2 rings (SSSR count). The molecule has 0 aliphatic carbocycles. The molecular formula is C5H3N3O3. The van der Waals surface area contributed by atoms with Crippen LogP contribution in [0.4, 0.5) is 0 Å². The van der Waals surface area contributed by atoms with Gasteiger partial charge >= 0.3 is 5.69 Å². The van der Waals surface area contributed by atoms with Crippen molar-refractivity contribution in [2.45, 2.75) is 0 Å². The van der Waals surface area contributed by atoms with E-state index in [0.29, 0.717) is 0 Å². The third-order valence-corrected chi connectivity index (χ3v) is 1.24. The molecule has 6 heteroatoms. The smallest absolute Gasteiger partial charge is 0.328 e. The average Bonchev–Trinajstić information content (AvgIpc) is 2.34. The summed E-state index contributed by atoms with van der Waals surface area (Å²) in [6.45, 7) is 0. The normalized spacial score (nSPS) is 10.5. The summed E-state index contributed by atoms with van der Waals surface area (Å²) in [6.07, 6.45) is 1.09. The lowest BCUT2D eigenvalue weighted by atomic mass is 10.6. The Labute approximate surface area is 58.9 Å². The first kappa shape index (κ1) is 5.90. The van der Waals surface area contributed by atoms with Crippen LogP contribution in [0.15, 0.2) is 20.4 Å². The van der Waals surface area contributed by atoms with Gasteiger partial charge in [0.15, 0.2) is 11.9 Å². The molecule has 0 fully saturated rings. The minimum absolute atomic E-state index is 0.0961. The molecule has 0 aliphatic heterocycles. The van der Waals surface area contributed by atoms with E-state index < -0.39 is 11.2 Å². The fourth-order valence-electron chi connectivity index (χ4n) is 0.793. The summed E-state index contributed by atoms with van der Waals surface area (Å²) in [5, 5.41) is 0. The Morgan fingerprint density at radius 2 is 2.18 bits per heavy atom. The van der Waals surface area contributed by atoms with Crippen molar-refractivity contribution in [3.8, 4) is 0 Å². The number of aromatic amines is 2. The predicted molar refractivity (Wildman–Crippen MR) is 35.3 cm³/mol. The highest BCUT2D eigenvalue weighted by atomic mass is 16.3. The van der Waals surface area contributed by atoms with Gasteiger partial charge in [-0.2, -0.15) is 0 Å². The topological polar surface area (TPSA) is 91.8 Å². The number of H-pyrrole nitrogens is 2. The first-order valence-electron chi connectivity index (χ1n) is 2.83.